The Morgan fingerprint density at radius 2 is 1.97 bits per heavy atom. The van der Waals surface area contributed by atoms with Crippen molar-refractivity contribution < 1.29 is 14.6 Å². The summed E-state index contributed by atoms with van der Waals surface area (Å²) in [5, 5.41) is 18.0. The molecule has 1 aliphatic carbocycles. The number of benzene rings is 1. The predicted molar refractivity (Wildman–Crippen MR) is 125 cm³/mol. The van der Waals surface area contributed by atoms with Crippen LogP contribution >= 0.6 is 0 Å². The van der Waals surface area contributed by atoms with E-state index in [1.165, 1.54) is 30.6 Å². The molecule has 1 amide bonds. The second-order valence-corrected chi connectivity index (χ2v) is 9.63. The first-order chi connectivity index (χ1) is 15.6. The Kier molecular flexibility index (Phi) is 6.09. The number of nitrogens with zero attached hydrogens (tertiary/aromatic N) is 3. The lowest BCUT2D eigenvalue weighted by molar-refractivity contribution is 0.198. The summed E-state index contributed by atoms with van der Waals surface area (Å²) in [6, 6.07) is 4.38. The number of anilines is 1. The van der Waals surface area contributed by atoms with Gasteiger partial charge in [0, 0.05) is 28.9 Å². The number of ether oxygens (including phenoxy) is 1. The fourth-order valence-electron chi connectivity index (χ4n) is 5.61. The lowest BCUT2D eigenvalue weighted by Crippen LogP contribution is -2.41. The van der Waals surface area contributed by atoms with Crippen LogP contribution in [-0.4, -0.2) is 46.7 Å². The fraction of sp³-hybridized carbons (Fsp3) is 0.600. The molecule has 2 fully saturated rings. The topological polar surface area (TPSA) is 79.6 Å². The summed E-state index contributed by atoms with van der Waals surface area (Å²) >= 11 is 0. The first kappa shape index (κ1) is 21.3. The van der Waals surface area contributed by atoms with Crippen LogP contribution < -0.4 is 15.0 Å². The number of rotatable bonds is 5. The molecule has 172 valence electrons. The molecule has 1 saturated heterocycles. The number of piperidine rings is 1. The summed E-state index contributed by atoms with van der Waals surface area (Å²) in [6.45, 7) is 4.73. The molecule has 1 saturated carbocycles. The van der Waals surface area contributed by atoms with E-state index < -0.39 is 6.09 Å². The normalized spacial score (nSPS) is 22.2. The molecule has 2 N–H and O–H groups in total. The molecule has 0 bridgehead atoms. The molecule has 3 aliphatic rings. The molecule has 2 aromatic rings. The van der Waals surface area contributed by atoms with Gasteiger partial charge in [-0.15, -0.1) is 0 Å². The first-order valence-corrected chi connectivity index (χ1v) is 12.2. The van der Waals surface area contributed by atoms with Crippen molar-refractivity contribution in [3.63, 3.8) is 0 Å². The van der Waals surface area contributed by atoms with E-state index in [1.807, 2.05) is 25.3 Å². The van der Waals surface area contributed by atoms with Gasteiger partial charge >= 0.3 is 6.09 Å². The Bertz CT molecular complexity index is 960. The summed E-state index contributed by atoms with van der Waals surface area (Å²) < 4.78 is 8.62. The Hall–Kier alpha value is -2.54. The summed E-state index contributed by atoms with van der Waals surface area (Å²) in [6.07, 6.45) is 12.0. The molecule has 1 atom stereocenters. The van der Waals surface area contributed by atoms with Crippen LogP contribution in [0.25, 0.3) is 11.1 Å². The molecule has 0 spiro atoms. The highest BCUT2D eigenvalue weighted by Gasteiger charge is 2.32. The second-order valence-electron chi connectivity index (χ2n) is 9.63. The maximum Gasteiger partial charge on any atom is 0.412 e. The van der Waals surface area contributed by atoms with Crippen molar-refractivity contribution in [1.29, 1.82) is 0 Å². The third-order valence-corrected chi connectivity index (χ3v) is 7.49. The summed E-state index contributed by atoms with van der Waals surface area (Å²) in [7, 11) is 0. The van der Waals surface area contributed by atoms with Crippen molar-refractivity contribution in [2.45, 2.75) is 70.4 Å². The average Bonchev–Trinajstić information content (AvgIpc) is 3.50. The third-order valence-electron chi connectivity index (χ3n) is 7.49. The average molecular weight is 439 g/mol. The monoisotopic (exact) mass is 438 g/mol. The van der Waals surface area contributed by atoms with Crippen LogP contribution in [0.5, 0.6) is 5.75 Å². The van der Waals surface area contributed by atoms with Crippen LogP contribution in [0.2, 0.25) is 0 Å². The number of hydrogen-bond acceptors (Lipinski definition) is 4. The number of carbonyl (C=O) groups is 1. The van der Waals surface area contributed by atoms with Crippen molar-refractivity contribution in [1.82, 2.24) is 15.1 Å². The Balaban J connectivity index is 1.51. The van der Waals surface area contributed by atoms with Crippen LogP contribution in [0.1, 0.15) is 63.5 Å². The van der Waals surface area contributed by atoms with Crippen molar-refractivity contribution in [3.05, 3.63) is 30.1 Å². The van der Waals surface area contributed by atoms with Gasteiger partial charge in [-0.25, -0.2) is 4.79 Å². The van der Waals surface area contributed by atoms with E-state index in [1.54, 1.807) is 0 Å². The minimum absolute atomic E-state index is 0.0313. The second kappa shape index (κ2) is 9.14. The molecule has 0 radical (unpaired) electrons. The van der Waals surface area contributed by atoms with Gasteiger partial charge in [0.2, 0.25) is 0 Å². The van der Waals surface area contributed by atoms with Crippen molar-refractivity contribution in [2.75, 3.05) is 24.6 Å². The number of carboxylic acid groups (broad SMARTS) is 1. The van der Waals surface area contributed by atoms with E-state index in [9.17, 15) is 9.90 Å². The highest BCUT2D eigenvalue weighted by Crippen LogP contribution is 2.43. The molecular weight excluding hydrogens is 404 g/mol. The van der Waals surface area contributed by atoms with E-state index >= 15 is 0 Å². The van der Waals surface area contributed by atoms with E-state index in [2.05, 4.69) is 16.2 Å². The minimum Gasteiger partial charge on any atom is -0.492 e. The molecule has 5 rings (SSSR count). The quantitative estimate of drug-likeness (QED) is 0.697. The lowest BCUT2D eigenvalue weighted by Gasteiger charge is -2.34. The van der Waals surface area contributed by atoms with Gasteiger partial charge in [0.05, 0.1) is 24.5 Å². The predicted octanol–water partition coefficient (Wildman–Crippen LogP) is 4.86. The Labute approximate surface area is 189 Å². The summed E-state index contributed by atoms with van der Waals surface area (Å²) in [5.74, 6) is 1.45. The summed E-state index contributed by atoms with van der Waals surface area (Å²) in [4.78, 5) is 13.5. The van der Waals surface area contributed by atoms with Gasteiger partial charge < -0.3 is 15.2 Å². The smallest absolute Gasteiger partial charge is 0.412 e. The standard InChI is InChI=1S/C25H34N4O3/c1-17-6-7-22-23(29(17)25(30)31)9-8-21(24(22)32-16-18-4-2-3-5-18)19-14-27-28(15-19)20-10-12-26-13-11-20/h8-9,14-15,17-18,20,26H,2-7,10-13,16H2,1H3,(H,30,31)/t17-/m0/s1. The zero-order chi connectivity index (χ0) is 22.1. The number of amides is 1. The molecule has 1 aromatic carbocycles. The molecule has 1 aromatic heterocycles. The van der Waals surface area contributed by atoms with Crippen molar-refractivity contribution in [3.8, 4) is 16.9 Å². The molecule has 0 unspecified atom stereocenters. The van der Waals surface area contributed by atoms with Crippen molar-refractivity contribution in [2.24, 2.45) is 5.92 Å². The number of fused-ring (bicyclic) bond motifs is 1. The Morgan fingerprint density at radius 1 is 1.19 bits per heavy atom. The SMILES string of the molecule is C[C@H]1CCc2c(ccc(-c3cnn(C4CCNCC4)c3)c2OCC2CCCC2)N1C(=O)O. The molecule has 3 heterocycles. The number of aromatic nitrogens is 2. The maximum atomic E-state index is 12.0. The van der Waals surface area contributed by atoms with Gasteiger partial charge in [0.1, 0.15) is 5.75 Å². The number of nitrogens with one attached hydrogen (secondary N) is 1. The summed E-state index contributed by atoms with van der Waals surface area (Å²) in [5.41, 5.74) is 3.87. The van der Waals surface area contributed by atoms with E-state index in [-0.39, 0.29) is 6.04 Å². The van der Waals surface area contributed by atoms with Gasteiger partial charge in [-0.1, -0.05) is 12.8 Å². The van der Waals surface area contributed by atoms with Gasteiger partial charge in [-0.3, -0.25) is 9.58 Å². The van der Waals surface area contributed by atoms with Gasteiger partial charge in [0.15, 0.2) is 0 Å². The van der Waals surface area contributed by atoms with Crippen molar-refractivity contribution >= 4 is 11.8 Å². The largest absolute Gasteiger partial charge is 0.492 e. The van der Waals surface area contributed by atoms with Gasteiger partial charge in [0.25, 0.3) is 0 Å². The molecular formula is C25H34N4O3. The van der Waals surface area contributed by atoms with Crippen LogP contribution in [0.4, 0.5) is 10.5 Å². The van der Waals surface area contributed by atoms with Crippen LogP contribution in [-0.2, 0) is 6.42 Å². The minimum atomic E-state index is -0.897. The third kappa shape index (κ3) is 4.10. The molecule has 2 aliphatic heterocycles. The molecule has 7 heteroatoms. The van der Waals surface area contributed by atoms with Crippen LogP contribution in [0.3, 0.4) is 0 Å². The molecule has 32 heavy (non-hydrogen) atoms. The van der Waals surface area contributed by atoms with Crippen LogP contribution in [0, 0.1) is 5.92 Å². The lowest BCUT2D eigenvalue weighted by atomic mass is 9.92. The zero-order valence-electron chi connectivity index (χ0n) is 18.9. The van der Waals surface area contributed by atoms with E-state index in [0.717, 1.165) is 66.9 Å². The van der Waals surface area contributed by atoms with Crippen LogP contribution in [0.15, 0.2) is 24.5 Å². The Morgan fingerprint density at radius 3 is 2.72 bits per heavy atom. The van der Waals surface area contributed by atoms with E-state index in [4.69, 9.17) is 9.84 Å². The first-order valence-electron chi connectivity index (χ1n) is 12.2. The fourth-order valence-corrected chi connectivity index (χ4v) is 5.61. The number of hydrogen-bond donors (Lipinski definition) is 2. The maximum absolute atomic E-state index is 12.0. The molecule has 7 nitrogen and oxygen atoms in total. The van der Waals surface area contributed by atoms with Gasteiger partial charge in [-0.2, -0.15) is 5.10 Å². The van der Waals surface area contributed by atoms with Gasteiger partial charge in [-0.05, 0) is 76.6 Å². The zero-order valence-corrected chi connectivity index (χ0v) is 18.9. The van der Waals surface area contributed by atoms with E-state index in [0.29, 0.717) is 18.6 Å². The highest BCUT2D eigenvalue weighted by molar-refractivity contribution is 5.91. The highest BCUT2D eigenvalue weighted by atomic mass is 16.5.